The molecule has 1 saturated heterocycles. The first-order valence-electron chi connectivity index (χ1n) is 8.50. The maximum atomic E-state index is 4.73. The van der Waals surface area contributed by atoms with E-state index in [0.717, 1.165) is 31.8 Å². The Bertz CT molecular complexity index is 612. The molecular weight excluding hydrogens is 274 g/mol. The topological polar surface area (TPSA) is 60.6 Å². The lowest BCUT2D eigenvalue weighted by molar-refractivity contribution is 0.196. The van der Waals surface area contributed by atoms with Crippen LogP contribution in [0.1, 0.15) is 61.1 Å². The zero-order chi connectivity index (χ0) is 15.5. The Morgan fingerprint density at radius 3 is 2.91 bits per heavy atom. The molecule has 1 atom stereocenters. The number of likely N-dealkylation sites (tertiary alicyclic amines) is 1. The summed E-state index contributed by atoms with van der Waals surface area (Å²) in [4.78, 5) is 10.7. The predicted octanol–water partition coefficient (Wildman–Crippen LogP) is 2.95. The van der Waals surface area contributed by atoms with E-state index in [9.17, 15) is 0 Å². The molecule has 0 aromatic carbocycles. The van der Waals surface area contributed by atoms with Gasteiger partial charge in [-0.2, -0.15) is 5.10 Å². The Labute approximate surface area is 132 Å². The Morgan fingerprint density at radius 1 is 1.32 bits per heavy atom. The summed E-state index contributed by atoms with van der Waals surface area (Å²) in [6, 6.07) is 0. The first kappa shape index (κ1) is 15.3. The molecule has 2 aromatic heterocycles. The summed E-state index contributed by atoms with van der Waals surface area (Å²) in [6.45, 7) is 9.70. The molecule has 0 aliphatic carbocycles. The van der Waals surface area contributed by atoms with Gasteiger partial charge in [-0.05, 0) is 38.3 Å². The first-order chi connectivity index (χ1) is 10.7. The van der Waals surface area contributed by atoms with Gasteiger partial charge < -0.3 is 4.98 Å². The maximum Gasteiger partial charge on any atom is 0.106 e. The van der Waals surface area contributed by atoms with Crippen LogP contribution in [0.3, 0.4) is 0 Å². The van der Waals surface area contributed by atoms with Crippen molar-refractivity contribution in [3.63, 3.8) is 0 Å². The number of nitrogens with one attached hydrogen (secondary N) is 2. The molecule has 2 N–H and O–H groups in total. The molecule has 1 fully saturated rings. The Kier molecular flexibility index (Phi) is 4.62. The largest absolute Gasteiger partial charge is 0.346 e. The number of rotatable bonds is 5. The smallest absolute Gasteiger partial charge is 0.106 e. The standard InChI is InChI=1S/C17H27N5/c1-4-13-9-18-21-17(13)14-7-6-8-22(10-14)11-15-12(3)19-16(5-2)20-15/h9,14H,4-8,10-11H2,1-3H3,(H,18,21)(H,19,20)/t14-/m0/s1. The molecule has 0 spiro atoms. The lowest BCUT2D eigenvalue weighted by atomic mass is 9.92. The molecule has 5 nitrogen and oxygen atoms in total. The summed E-state index contributed by atoms with van der Waals surface area (Å²) in [5.41, 5.74) is 5.14. The van der Waals surface area contributed by atoms with Crippen molar-refractivity contribution < 1.29 is 0 Å². The molecular formula is C17H27N5. The van der Waals surface area contributed by atoms with Crippen molar-refractivity contribution in [2.24, 2.45) is 0 Å². The van der Waals surface area contributed by atoms with Crippen LogP contribution in [-0.4, -0.2) is 38.2 Å². The second-order valence-corrected chi connectivity index (χ2v) is 6.35. The Hall–Kier alpha value is -1.62. The van der Waals surface area contributed by atoms with E-state index in [1.165, 1.54) is 42.0 Å². The van der Waals surface area contributed by atoms with E-state index in [0.29, 0.717) is 5.92 Å². The fourth-order valence-corrected chi connectivity index (χ4v) is 3.49. The van der Waals surface area contributed by atoms with E-state index in [4.69, 9.17) is 4.98 Å². The summed E-state index contributed by atoms with van der Waals surface area (Å²) in [5, 5.41) is 7.48. The molecule has 22 heavy (non-hydrogen) atoms. The highest BCUT2D eigenvalue weighted by Gasteiger charge is 2.25. The van der Waals surface area contributed by atoms with Gasteiger partial charge in [-0.3, -0.25) is 10.00 Å². The third-order valence-electron chi connectivity index (χ3n) is 4.79. The summed E-state index contributed by atoms with van der Waals surface area (Å²) in [6.07, 6.45) is 6.51. The van der Waals surface area contributed by atoms with Crippen molar-refractivity contribution in [1.29, 1.82) is 0 Å². The highest BCUT2D eigenvalue weighted by molar-refractivity contribution is 5.21. The van der Waals surface area contributed by atoms with Gasteiger partial charge >= 0.3 is 0 Å². The summed E-state index contributed by atoms with van der Waals surface area (Å²) in [7, 11) is 0. The van der Waals surface area contributed by atoms with Gasteiger partial charge in [0, 0.05) is 36.8 Å². The minimum atomic E-state index is 0.580. The lowest BCUT2D eigenvalue weighted by Crippen LogP contribution is -2.34. The van der Waals surface area contributed by atoms with Crippen molar-refractivity contribution in [3.8, 4) is 0 Å². The fraction of sp³-hybridized carbons (Fsp3) is 0.647. The summed E-state index contributed by atoms with van der Waals surface area (Å²) < 4.78 is 0. The third-order valence-corrected chi connectivity index (χ3v) is 4.79. The SMILES string of the molecule is CCc1nc(CN2CCC[C@H](c3[nH]ncc3CC)C2)c(C)[nH]1. The molecule has 0 radical (unpaired) electrons. The molecule has 0 amide bonds. The van der Waals surface area contributed by atoms with Crippen LogP contribution in [0.25, 0.3) is 0 Å². The number of aromatic amines is 2. The van der Waals surface area contributed by atoms with Gasteiger partial charge in [0.25, 0.3) is 0 Å². The van der Waals surface area contributed by atoms with Gasteiger partial charge in [0.15, 0.2) is 0 Å². The molecule has 0 bridgehead atoms. The van der Waals surface area contributed by atoms with Crippen LogP contribution in [0.2, 0.25) is 0 Å². The van der Waals surface area contributed by atoms with Gasteiger partial charge in [0.1, 0.15) is 5.82 Å². The van der Waals surface area contributed by atoms with Crippen molar-refractivity contribution in [1.82, 2.24) is 25.1 Å². The van der Waals surface area contributed by atoms with Crippen molar-refractivity contribution in [2.75, 3.05) is 13.1 Å². The van der Waals surface area contributed by atoms with Crippen LogP contribution in [-0.2, 0) is 19.4 Å². The number of imidazole rings is 1. The normalized spacial score (nSPS) is 19.7. The molecule has 3 rings (SSSR count). The molecule has 1 aliphatic heterocycles. The minimum absolute atomic E-state index is 0.580. The van der Waals surface area contributed by atoms with Crippen LogP contribution in [0.15, 0.2) is 6.20 Å². The van der Waals surface area contributed by atoms with Gasteiger partial charge in [-0.25, -0.2) is 4.98 Å². The number of nitrogens with zero attached hydrogens (tertiary/aromatic N) is 3. The lowest BCUT2D eigenvalue weighted by Gasteiger charge is -2.32. The number of H-pyrrole nitrogens is 2. The van der Waals surface area contributed by atoms with Crippen molar-refractivity contribution in [2.45, 2.75) is 58.9 Å². The van der Waals surface area contributed by atoms with Crippen molar-refractivity contribution >= 4 is 0 Å². The van der Waals surface area contributed by atoms with E-state index in [1.54, 1.807) is 0 Å². The van der Waals surface area contributed by atoms with Gasteiger partial charge in [-0.15, -0.1) is 0 Å². The zero-order valence-electron chi connectivity index (χ0n) is 13.9. The van der Waals surface area contributed by atoms with E-state index in [-0.39, 0.29) is 0 Å². The zero-order valence-corrected chi connectivity index (χ0v) is 13.9. The number of hydrogen-bond donors (Lipinski definition) is 2. The summed E-state index contributed by atoms with van der Waals surface area (Å²) in [5.74, 6) is 1.68. The molecule has 1 aliphatic rings. The number of piperidine rings is 1. The van der Waals surface area contributed by atoms with Gasteiger partial charge in [0.2, 0.25) is 0 Å². The minimum Gasteiger partial charge on any atom is -0.346 e. The highest BCUT2D eigenvalue weighted by atomic mass is 15.2. The molecule has 0 saturated carbocycles. The Balaban J connectivity index is 1.69. The van der Waals surface area contributed by atoms with Gasteiger partial charge in [0.05, 0.1) is 11.9 Å². The van der Waals surface area contributed by atoms with Crippen LogP contribution >= 0.6 is 0 Å². The number of hydrogen-bond acceptors (Lipinski definition) is 3. The highest BCUT2D eigenvalue weighted by Crippen LogP contribution is 2.28. The first-order valence-corrected chi connectivity index (χ1v) is 8.50. The average Bonchev–Trinajstić information content (AvgIpc) is 3.14. The van der Waals surface area contributed by atoms with E-state index in [1.807, 2.05) is 6.20 Å². The summed E-state index contributed by atoms with van der Waals surface area (Å²) >= 11 is 0. The van der Waals surface area contributed by atoms with Gasteiger partial charge in [-0.1, -0.05) is 13.8 Å². The van der Waals surface area contributed by atoms with Crippen LogP contribution in [0.4, 0.5) is 0 Å². The maximum absolute atomic E-state index is 4.73. The third kappa shape index (κ3) is 3.09. The molecule has 5 heteroatoms. The van der Waals surface area contributed by atoms with Crippen molar-refractivity contribution in [3.05, 3.63) is 34.7 Å². The molecule has 2 aromatic rings. The van der Waals surface area contributed by atoms with E-state index in [2.05, 4.69) is 40.9 Å². The van der Waals surface area contributed by atoms with Crippen LogP contribution < -0.4 is 0 Å². The second kappa shape index (κ2) is 6.65. The van der Waals surface area contributed by atoms with Crippen LogP contribution in [0.5, 0.6) is 0 Å². The average molecular weight is 301 g/mol. The quantitative estimate of drug-likeness (QED) is 0.892. The molecule has 0 unspecified atom stereocenters. The fourth-order valence-electron chi connectivity index (χ4n) is 3.49. The predicted molar refractivity (Wildman–Crippen MR) is 87.9 cm³/mol. The van der Waals surface area contributed by atoms with E-state index >= 15 is 0 Å². The monoisotopic (exact) mass is 301 g/mol. The second-order valence-electron chi connectivity index (χ2n) is 6.35. The molecule has 3 heterocycles. The van der Waals surface area contributed by atoms with Crippen LogP contribution in [0, 0.1) is 6.92 Å². The molecule has 120 valence electrons. The van der Waals surface area contributed by atoms with E-state index < -0.39 is 0 Å². The Morgan fingerprint density at radius 2 is 2.18 bits per heavy atom. The number of aryl methyl sites for hydroxylation is 3. The number of aromatic nitrogens is 4.